The lowest BCUT2D eigenvalue weighted by Gasteiger charge is -2.15. The van der Waals surface area contributed by atoms with Gasteiger partial charge >= 0.3 is 0 Å². The molecule has 0 aliphatic heterocycles. The summed E-state index contributed by atoms with van der Waals surface area (Å²) in [6, 6.07) is 7.53. The summed E-state index contributed by atoms with van der Waals surface area (Å²) < 4.78 is 5.43. The maximum absolute atomic E-state index is 9.63. The fourth-order valence-corrected chi connectivity index (χ4v) is 1.31. The zero-order valence-corrected chi connectivity index (χ0v) is 10.4. The Bertz CT molecular complexity index is 311. The molecule has 0 amide bonds. The fraction of sp³-hybridized carbons (Fsp3) is 0.538. The smallest absolute Gasteiger partial charge is 0.119 e. The van der Waals surface area contributed by atoms with E-state index in [1.54, 1.807) is 24.3 Å². The normalized spacial score (nSPS) is 12.8. The van der Waals surface area contributed by atoms with Crippen LogP contribution in [0.1, 0.15) is 19.4 Å². The number of benzene rings is 1. The third-order valence-electron chi connectivity index (χ3n) is 2.31. The van der Waals surface area contributed by atoms with Crippen LogP contribution in [0.2, 0.25) is 0 Å². The highest BCUT2D eigenvalue weighted by atomic mass is 16.5. The van der Waals surface area contributed by atoms with Crippen LogP contribution in [-0.2, 0) is 6.61 Å². The summed E-state index contributed by atoms with van der Waals surface area (Å²) in [5, 5.41) is 21.6. The van der Waals surface area contributed by atoms with Gasteiger partial charge in [0.15, 0.2) is 0 Å². The molecule has 3 N–H and O–H groups in total. The molecule has 0 spiro atoms. The molecule has 0 aliphatic rings. The minimum absolute atomic E-state index is 0.0290. The van der Waals surface area contributed by atoms with E-state index in [0.29, 0.717) is 18.3 Å². The predicted molar refractivity (Wildman–Crippen MR) is 67.0 cm³/mol. The Morgan fingerprint density at radius 3 is 2.41 bits per heavy atom. The van der Waals surface area contributed by atoms with Crippen LogP contribution in [0.3, 0.4) is 0 Å². The van der Waals surface area contributed by atoms with Gasteiger partial charge in [-0.05, 0) is 17.7 Å². The van der Waals surface area contributed by atoms with Gasteiger partial charge in [0.05, 0.1) is 6.61 Å². The summed E-state index contributed by atoms with van der Waals surface area (Å²) in [7, 11) is 0. The highest BCUT2D eigenvalue weighted by Gasteiger charge is 2.05. The molecule has 4 heteroatoms. The van der Waals surface area contributed by atoms with E-state index in [4.69, 9.17) is 9.84 Å². The van der Waals surface area contributed by atoms with Crippen molar-refractivity contribution in [1.29, 1.82) is 0 Å². The van der Waals surface area contributed by atoms with Gasteiger partial charge in [0.25, 0.3) is 0 Å². The van der Waals surface area contributed by atoms with Crippen LogP contribution < -0.4 is 10.1 Å². The molecule has 0 aliphatic carbocycles. The SMILES string of the molecule is CC(C)NCC(O)COc1ccc(CO)cc1. The molecule has 1 aromatic rings. The molecule has 96 valence electrons. The quantitative estimate of drug-likeness (QED) is 0.662. The molecule has 0 saturated carbocycles. The Labute approximate surface area is 102 Å². The Kier molecular flexibility index (Phi) is 5.97. The lowest BCUT2D eigenvalue weighted by Crippen LogP contribution is -2.35. The van der Waals surface area contributed by atoms with E-state index in [0.717, 1.165) is 5.56 Å². The molecular weight excluding hydrogens is 218 g/mol. The van der Waals surface area contributed by atoms with Crippen molar-refractivity contribution in [2.75, 3.05) is 13.2 Å². The van der Waals surface area contributed by atoms with Crippen LogP contribution in [0.5, 0.6) is 5.75 Å². The number of hydrogen-bond donors (Lipinski definition) is 3. The van der Waals surface area contributed by atoms with Gasteiger partial charge in [0, 0.05) is 12.6 Å². The summed E-state index contributed by atoms with van der Waals surface area (Å²) >= 11 is 0. The number of aliphatic hydroxyl groups excluding tert-OH is 2. The van der Waals surface area contributed by atoms with E-state index < -0.39 is 6.10 Å². The monoisotopic (exact) mass is 239 g/mol. The molecular formula is C13H21NO3. The Balaban J connectivity index is 2.29. The zero-order valence-electron chi connectivity index (χ0n) is 10.4. The van der Waals surface area contributed by atoms with E-state index in [2.05, 4.69) is 5.32 Å². The average Bonchev–Trinajstić information content (AvgIpc) is 2.34. The number of aliphatic hydroxyl groups is 2. The fourth-order valence-electron chi connectivity index (χ4n) is 1.31. The predicted octanol–water partition coefficient (Wildman–Crippen LogP) is 0.917. The summed E-state index contributed by atoms with van der Waals surface area (Å²) in [6.07, 6.45) is -0.519. The van der Waals surface area contributed by atoms with E-state index in [1.165, 1.54) is 0 Å². The van der Waals surface area contributed by atoms with Crippen molar-refractivity contribution in [3.8, 4) is 5.75 Å². The first-order valence-electron chi connectivity index (χ1n) is 5.86. The van der Waals surface area contributed by atoms with E-state index in [1.807, 2.05) is 13.8 Å². The second-order valence-electron chi connectivity index (χ2n) is 4.33. The van der Waals surface area contributed by atoms with E-state index in [-0.39, 0.29) is 13.2 Å². The van der Waals surface area contributed by atoms with Gasteiger partial charge in [-0.15, -0.1) is 0 Å². The number of hydrogen-bond acceptors (Lipinski definition) is 4. The standard InChI is InChI=1S/C13H21NO3/c1-10(2)14-7-12(16)9-17-13-5-3-11(8-15)4-6-13/h3-6,10,12,14-16H,7-9H2,1-2H3. The molecule has 0 aromatic heterocycles. The van der Waals surface area contributed by atoms with Crippen LogP contribution in [0, 0.1) is 0 Å². The van der Waals surface area contributed by atoms with Crippen LogP contribution in [0.4, 0.5) is 0 Å². The van der Waals surface area contributed by atoms with Gasteiger partial charge in [-0.25, -0.2) is 0 Å². The Hall–Kier alpha value is -1.10. The summed E-state index contributed by atoms with van der Waals surface area (Å²) in [4.78, 5) is 0. The number of ether oxygens (including phenoxy) is 1. The van der Waals surface area contributed by atoms with E-state index >= 15 is 0 Å². The number of rotatable bonds is 7. The van der Waals surface area contributed by atoms with Crippen molar-refractivity contribution in [3.63, 3.8) is 0 Å². The lowest BCUT2D eigenvalue weighted by atomic mass is 10.2. The van der Waals surface area contributed by atoms with Crippen molar-refractivity contribution in [3.05, 3.63) is 29.8 Å². The third-order valence-corrected chi connectivity index (χ3v) is 2.31. The Morgan fingerprint density at radius 2 is 1.88 bits per heavy atom. The first-order valence-corrected chi connectivity index (χ1v) is 5.86. The van der Waals surface area contributed by atoms with Gasteiger partial charge in [0.1, 0.15) is 18.5 Å². The highest BCUT2D eigenvalue weighted by Crippen LogP contribution is 2.12. The summed E-state index contributed by atoms with van der Waals surface area (Å²) in [6.45, 7) is 4.87. The van der Waals surface area contributed by atoms with Crippen LogP contribution in [-0.4, -0.2) is 35.5 Å². The van der Waals surface area contributed by atoms with Gasteiger partial charge in [-0.3, -0.25) is 0 Å². The summed E-state index contributed by atoms with van der Waals surface area (Å²) in [5.74, 6) is 0.700. The second kappa shape index (κ2) is 7.27. The van der Waals surface area contributed by atoms with Crippen LogP contribution >= 0.6 is 0 Å². The molecule has 0 radical (unpaired) electrons. The maximum atomic E-state index is 9.63. The first-order chi connectivity index (χ1) is 8.11. The van der Waals surface area contributed by atoms with Gasteiger partial charge in [-0.1, -0.05) is 26.0 Å². The molecule has 1 atom stereocenters. The van der Waals surface area contributed by atoms with Crippen molar-refractivity contribution in [1.82, 2.24) is 5.32 Å². The topological polar surface area (TPSA) is 61.7 Å². The average molecular weight is 239 g/mol. The third kappa shape index (κ3) is 5.68. The first kappa shape index (κ1) is 14.0. The molecule has 1 rings (SSSR count). The van der Waals surface area contributed by atoms with Gasteiger partial charge in [0.2, 0.25) is 0 Å². The summed E-state index contributed by atoms with van der Waals surface area (Å²) in [5.41, 5.74) is 0.847. The zero-order chi connectivity index (χ0) is 12.7. The molecule has 17 heavy (non-hydrogen) atoms. The van der Waals surface area contributed by atoms with Crippen molar-refractivity contribution >= 4 is 0 Å². The van der Waals surface area contributed by atoms with Crippen molar-refractivity contribution < 1.29 is 14.9 Å². The second-order valence-corrected chi connectivity index (χ2v) is 4.33. The van der Waals surface area contributed by atoms with Gasteiger partial charge < -0.3 is 20.3 Å². The minimum Gasteiger partial charge on any atom is -0.491 e. The molecule has 1 unspecified atom stereocenters. The molecule has 0 saturated heterocycles. The largest absolute Gasteiger partial charge is 0.491 e. The molecule has 4 nitrogen and oxygen atoms in total. The van der Waals surface area contributed by atoms with Crippen LogP contribution in [0.15, 0.2) is 24.3 Å². The highest BCUT2D eigenvalue weighted by molar-refractivity contribution is 5.26. The molecule has 1 aromatic carbocycles. The molecule has 0 fully saturated rings. The number of nitrogens with one attached hydrogen (secondary N) is 1. The van der Waals surface area contributed by atoms with Crippen molar-refractivity contribution in [2.24, 2.45) is 0 Å². The van der Waals surface area contributed by atoms with Crippen LogP contribution in [0.25, 0.3) is 0 Å². The lowest BCUT2D eigenvalue weighted by molar-refractivity contribution is 0.104. The minimum atomic E-state index is -0.519. The molecule has 0 bridgehead atoms. The maximum Gasteiger partial charge on any atom is 0.119 e. The van der Waals surface area contributed by atoms with Crippen molar-refractivity contribution in [2.45, 2.75) is 32.6 Å². The van der Waals surface area contributed by atoms with E-state index in [9.17, 15) is 5.11 Å². The molecule has 0 heterocycles. The van der Waals surface area contributed by atoms with Gasteiger partial charge in [-0.2, -0.15) is 0 Å². The Morgan fingerprint density at radius 1 is 1.24 bits per heavy atom.